The summed E-state index contributed by atoms with van der Waals surface area (Å²) in [6.07, 6.45) is 1.77. The molecule has 0 atom stereocenters. The zero-order chi connectivity index (χ0) is 12.4. The third-order valence-corrected chi connectivity index (χ3v) is 4.02. The molecule has 0 aromatic carbocycles. The molecule has 5 nitrogen and oxygen atoms in total. The Morgan fingerprint density at radius 1 is 1.22 bits per heavy atom. The van der Waals surface area contributed by atoms with Gasteiger partial charge in [-0.05, 0) is 11.4 Å². The van der Waals surface area contributed by atoms with Gasteiger partial charge in [-0.15, -0.1) is 22.7 Å². The van der Waals surface area contributed by atoms with Crippen molar-refractivity contribution >= 4 is 38.8 Å². The first-order valence-electron chi connectivity index (χ1n) is 5.38. The molecule has 3 aromatic heterocycles. The molecule has 0 amide bonds. The molecule has 0 bridgehead atoms. The van der Waals surface area contributed by atoms with Crippen LogP contribution in [0, 0.1) is 0 Å². The van der Waals surface area contributed by atoms with Crippen molar-refractivity contribution in [3.05, 3.63) is 23.0 Å². The summed E-state index contributed by atoms with van der Waals surface area (Å²) in [6, 6.07) is 1.96. The minimum absolute atomic E-state index is 0.0532. The van der Waals surface area contributed by atoms with Gasteiger partial charge in [-0.25, -0.2) is 15.0 Å². The molecule has 3 heterocycles. The van der Waals surface area contributed by atoms with Crippen LogP contribution in [-0.2, 0) is 0 Å². The van der Waals surface area contributed by atoms with Crippen LogP contribution in [0.5, 0.6) is 0 Å². The van der Waals surface area contributed by atoms with Gasteiger partial charge in [0.25, 0.3) is 0 Å². The molecule has 0 aliphatic carbocycles. The van der Waals surface area contributed by atoms with Gasteiger partial charge in [0.2, 0.25) is 5.95 Å². The number of aliphatic hydroxyl groups is 1. The molecule has 7 heteroatoms. The van der Waals surface area contributed by atoms with Crippen LogP contribution in [0.25, 0.3) is 20.9 Å². The lowest BCUT2D eigenvalue weighted by molar-refractivity contribution is 0.311. The van der Waals surface area contributed by atoms with Crippen molar-refractivity contribution in [1.82, 2.24) is 15.0 Å². The Morgan fingerprint density at radius 2 is 2.17 bits per heavy atom. The standard InChI is InChI=1S/C11H10N4OS2/c16-4-2-13-11-14-7-1-5-17-9(7)8(15-11)10-12-3-6-18-10/h1,3,5-6,16H,2,4H2,(H,13,14,15). The summed E-state index contributed by atoms with van der Waals surface area (Å²) < 4.78 is 1.04. The van der Waals surface area contributed by atoms with E-state index in [0.717, 1.165) is 20.9 Å². The minimum atomic E-state index is 0.0532. The molecule has 0 radical (unpaired) electrons. The van der Waals surface area contributed by atoms with Gasteiger partial charge in [-0.2, -0.15) is 0 Å². The lowest BCUT2D eigenvalue weighted by Gasteiger charge is -2.05. The molecule has 0 aliphatic heterocycles. The highest BCUT2D eigenvalue weighted by Crippen LogP contribution is 2.31. The van der Waals surface area contributed by atoms with Crippen LogP contribution in [0.3, 0.4) is 0 Å². The van der Waals surface area contributed by atoms with Crippen molar-refractivity contribution in [3.63, 3.8) is 0 Å². The number of nitrogens with one attached hydrogen (secondary N) is 1. The van der Waals surface area contributed by atoms with Crippen LogP contribution in [0.1, 0.15) is 0 Å². The molecule has 0 saturated carbocycles. The predicted molar refractivity (Wildman–Crippen MR) is 74.1 cm³/mol. The molecule has 3 aromatic rings. The summed E-state index contributed by atoms with van der Waals surface area (Å²) in [6.45, 7) is 0.491. The number of hydrogen-bond donors (Lipinski definition) is 2. The highest BCUT2D eigenvalue weighted by molar-refractivity contribution is 7.18. The maximum absolute atomic E-state index is 8.83. The summed E-state index contributed by atoms with van der Waals surface area (Å²) in [5, 5.41) is 16.6. The maximum Gasteiger partial charge on any atom is 0.224 e. The largest absolute Gasteiger partial charge is 0.395 e. The van der Waals surface area contributed by atoms with Crippen LogP contribution in [-0.4, -0.2) is 33.2 Å². The summed E-state index contributed by atoms with van der Waals surface area (Å²) in [5.74, 6) is 0.528. The first kappa shape index (κ1) is 11.5. The lowest BCUT2D eigenvalue weighted by Crippen LogP contribution is -2.08. The Labute approximate surface area is 111 Å². The maximum atomic E-state index is 8.83. The van der Waals surface area contributed by atoms with Crippen LogP contribution < -0.4 is 5.32 Å². The monoisotopic (exact) mass is 278 g/mol. The fourth-order valence-corrected chi connectivity index (χ4v) is 3.11. The van der Waals surface area contributed by atoms with E-state index in [2.05, 4.69) is 20.3 Å². The van der Waals surface area contributed by atoms with Crippen LogP contribution in [0.2, 0.25) is 0 Å². The number of anilines is 1. The molecule has 0 spiro atoms. The molecule has 92 valence electrons. The lowest BCUT2D eigenvalue weighted by atomic mass is 10.3. The van der Waals surface area contributed by atoms with Crippen LogP contribution in [0.15, 0.2) is 23.0 Å². The average molecular weight is 278 g/mol. The molecule has 0 aliphatic rings. The fourth-order valence-electron chi connectivity index (χ4n) is 1.60. The second-order valence-electron chi connectivity index (χ2n) is 3.52. The zero-order valence-electron chi connectivity index (χ0n) is 9.33. The summed E-state index contributed by atoms with van der Waals surface area (Å²) in [7, 11) is 0. The minimum Gasteiger partial charge on any atom is -0.395 e. The average Bonchev–Trinajstić information content (AvgIpc) is 3.05. The zero-order valence-corrected chi connectivity index (χ0v) is 11.0. The Bertz CT molecular complexity index is 650. The predicted octanol–water partition coefficient (Wildman–Crippen LogP) is 2.22. The van der Waals surface area contributed by atoms with E-state index in [0.29, 0.717) is 12.5 Å². The highest BCUT2D eigenvalue weighted by Gasteiger charge is 2.12. The van der Waals surface area contributed by atoms with Crippen molar-refractivity contribution in [3.8, 4) is 10.7 Å². The van der Waals surface area contributed by atoms with Gasteiger partial charge in [0.1, 0.15) is 10.7 Å². The smallest absolute Gasteiger partial charge is 0.224 e. The van der Waals surface area contributed by atoms with Gasteiger partial charge in [0.15, 0.2) is 0 Å². The van der Waals surface area contributed by atoms with Crippen LogP contribution in [0.4, 0.5) is 5.95 Å². The van der Waals surface area contributed by atoms with Gasteiger partial charge in [-0.3, -0.25) is 0 Å². The highest BCUT2D eigenvalue weighted by atomic mass is 32.1. The van der Waals surface area contributed by atoms with Gasteiger partial charge < -0.3 is 10.4 Å². The van der Waals surface area contributed by atoms with E-state index in [4.69, 9.17) is 5.11 Å². The van der Waals surface area contributed by atoms with E-state index in [-0.39, 0.29) is 6.61 Å². The molecule has 18 heavy (non-hydrogen) atoms. The number of hydrogen-bond acceptors (Lipinski definition) is 7. The number of thiazole rings is 1. The molecule has 3 rings (SSSR count). The second-order valence-corrected chi connectivity index (χ2v) is 5.33. The molecular weight excluding hydrogens is 268 g/mol. The topological polar surface area (TPSA) is 70.9 Å². The molecular formula is C11H10N4OS2. The van der Waals surface area contributed by atoms with E-state index in [1.807, 2.05) is 16.8 Å². The van der Waals surface area contributed by atoms with Gasteiger partial charge >= 0.3 is 0 Å². The SMILES string of the molecule is OCCNc1nc(-c2nccs2)c2sccc2n1. The first-order chi connectivity index (χ1) is 8.88. The summed E-state index contributed by atoms with van der Waals surface area (Å²) in [4.78, 5) is 13.2. The summed E-state index contributed by atoms with van der Waals surface area (Å²) in [5.41, 5.74) is 1.76. The molecule has 0 saturated heterocycles. The third-order valence-electron chi connectivity index (χ3n) is 2.33. The second kappa shape index (κ2) is 4.97. The van der Waals surface area contributed by atoms with Gasteiger partial charge in [0, 0.05) is 18.1 Å². The third kappa shape index (κ3) is 2.07. The quantitative estimate of drug-likeness (QED) is 0.765. The number of aliphatic hydroxyl groups excluding tert-OH is 1. The summed E-state index contributed by atoms with van der Waals surface area (Å²) >= 11 is 3.16. The van der Waals surface area contributed by atoms with Crippen molar-refractivity contribution in [1.29, 1.82) is 0 Å². The molecule has 2 N–H and O–H groups in total. The normalized spacial score (nSPS) is 10.9. The van der Waals surface area contributed by atoms with E-state index >= 15 is 0 Å². The van der Waals surface area contributed by atoms with E-state index in [1.165, 1.54) is 0 Å². The number of rotatable bonds is 4. The molecule has 0 fully saturated rings. The van der Waals surface area contributed by atoms with Gasteiger partial charge in [-0.1, -0.05) is 0 Å². The Kier molecular flexibility index (Phi) is 3.18. The van der Waals surface area contributed by atoms with Crippen molar-refractivity contribution < 1.29 is 5.11 Å². The Morgan fingerprint density at radius 3 is 2.94 bits per heavy atom. The van der Waals surface area contributed by atoms with Crippen molar-refractivity contribution in [2.45, 2.75) is 0 Å². The fraction of sp³-hybridized carbons (Fsp3) is 0.182. The number of aromatic nitrogens is 3. The van der Waals surface area contributed by atoms with Crippen LogP contribution >= 0.6 is 22.7 Å². The first-order valence-corrected chi connectivity index (χ1v) is 7.14. The van der Waals surface area contributed by atoms with E-state index in [1.54, 1.807) is 28.9 Å². The molecule has 0 unspecified atom stereocenters. The van der Waals surface area contributed by atoms with Gasteiger partial charge in [0.05, 0.1) is 16.8 Å². The number of thiophene rings is 1. The Hall–Kier alpha value is -1.57. The van der Waals surface area contributed by atoms with E-state index < -0.39 is 0 Å². The Balaban J connectivity index is 2.12. The number of fused-ring (bicyclic) bond motifs is 1. The van der Waals surface area contributed by atoms with Crippen molar-refractivity contribution in [2.75, 3.05) is 18.5 Å². The van der Waals surface area contributed by atoms with E-state index in [9.17, 15) is 0 Å². The number of nitrogens with zero attached hydrogens (tertiary/aromatic N) is 3. The van der Waals surface area contributed by atoms with Crippen molar-refractivity contribution in [2.24, 2.45) is 0 Å².